The summed E-state index contributed by atoms with van der Waals surface area (Å²) in [6.45, 7) is 3.84. The number of hydrogen-bond donors (Lipinski definition) is 1. The van der Waals surface area contributed by atoms with Crippen molar-refractivity contribution in [1.82, 2.24) is 19.7 Å². The number of pyridine rings is 1. The van der Waals surface area contributed by atoms with E-state index in [1.807, 2.05) is 13.8 Å². The van der Waals surface area contributed by atoms with Crippen LogP contribution in [-0.2, 0) is 22.7 Å². The highest BCUT2D eigenvalue weighted by Gasteiger charge is 2.37. The third-order valence-electron chi connectivity index (χ3n) is 3.11. The van der Waals surface area contributed by atoms with Gasteiger partial charge in [0.25, 0.3) is 15.9 Å². The number of aromatic nitrogens is 4. The fourth-order valence-electron chi connectivity index (χ4n) is 1.88. The summed E-state index contributed by atoms with van der Waals surface area (Å²) in [5.74, 6) is -0.992. The third-order valence-corrected chi connectivity index (χ3v) is 3.95. The van der Waals surface area contributed by atoms with Gasteiger partial charge in [-0.1, -0.05) is 13.8 Å². The maximum Gasteiger partial charge on any atom is 0.453 e. The molecule has 0 unspecified atom stereocenters. The minimum atomic E-state index is -4.70. The molecule has 2 heterocycles. The summed E-state index contributed by atoms with van der Waals surface area (Å²) in [4.78, 5) is 6.81. The van der Waals surface area contributed by atoms with Crippen molar-refractivity contribution in [2.45, 2.75) is 37.8 Å². The van der Waals surface area contributed by atoms with Crippen molar-refractivity contribution >= 4 is 10.1 Å². The first-order valence-electron chi connectivity index (χ1n) is 6.95. The summed E-state index contributed by atoms with van der Waals surface area (Å²) in [6, 6.07) is 2.18. The molecular formula is C13H15F3N4O3S. The molecule has 2 rings (SSSR count). The van der Waals surface area contributed by atoms with Crippen molar-refractivity contribution in [3.8, 4) is 5.82 Å². The van der Waals surface area contributed by atoms with Gasteiger partial charge in [0.2, 0.25) is 0 Å². The first kappa shape index (κ1) is 18.3. The Bertz CT molecular complexity index is 814. The molecular weight excluding hydrogens is 349 g/mol. The molecule has 0 saturated heterocycles. The number of hydrogen-bond acceptors (Lipinski definition) is 5. The Morgan fingerprint density at radius 1 is 1.29 bits per heavy atom. The van der Waals surface area contributed by atoms with Gasteiger partial charge in [-0.25, -0.2) is 9.97 Å². The van der Waals surface area contributed by atoms with Crippen LogP contribution >= 0.6 is 0 Å². The van der Waals surface area contributed by atoms with Crippen molar-refractivity contribution in [3.05, 3.63) is 30.0 Å². The lowest BCUT2D eigenvalue weighted by Gasteiger charge is -2.07. The molecule has 7 nitrogen and oxygen atoms in total. The lowest BCUT2D eigenvalue weighted by molar-refractivity contribution is -0.144. The van der Waals surface area contributed by atoms with E-state index in [2.05, 4.69) is 15.1 Å². The summed E-state index contributed by atoms with van der Waals surface area (Å²) in [6.07, 6.45) is -3.01. The van der Waals surface area contributed by atoms with Crippen molar-refractivity contribution in [1.29, 1.82) is 0 Å². The zero-order valence-corrected chi connectivity index (χ0v) is 13.6. The second kappa shape index (κ2) is 6.48. The number of alkyl halides is 3. The molecule has 0 aliphatic rings. The van der Waals surface area contributed by atoms with E-state index in [4.69, 9.17) is 4.55 Å². The minimum absolute atomic E-state index is 0.0239. The highest BCUT2D eigenvalue weighted by atomic mass is 32.2. The molecule has 0 aliphatic carbocycles. The van der Waals surface area contributed by atoms with E-state index >= 15 is 0 Å². The SMILES string of the molecule is CC(C)CCc1nc(C(F)(F)F)nn1-c1ccc(S(=O)(=O)O)cn1. The molecule has 0 aromatic carbocycles. The van der Waals surface area contributed by atoms with E-state index in [1.165, 1.54) is 0 Å². The molecule has 0 bridgehead atoms. The van der Waals surface area contributed by atoms with Crippen molar-refractivity contribution in [2.75, 3.05) is 0 Å². The predicted octanol–water partition coefficient (Wildman–Crippen LogP) is 2.52. The van der Waals surface area contributed by atoms with Gasteiger partial charge in [-0.3, -0.25) is 4.55 Å². The first-order chi connectivity index (χ1) is 11.0. The fraction of sp³-hybridized carbons (Fsp3) is 0.462. The molecule has 0 spiro atoms. The maximum atomic E-state index is 12.8. The molecule has 0 saturated carbocycles. The number of rotatable bonds is 5. The fourth-order valence-corrected chi connectivity index (χ4v) is 2.30. The van der Waals surface area contributed by atoms with Crippen molar-refractivity contribution in [2.24, 2.45) is 5.92 Å². The first-order valence-corrected chi connectivity index (χ1v) is 8.39. The Balaban J connectivity index is 2.45. The van der Waals surface area contributed by atoms with E-state index in [9.17, 15) is 21.6 Å². The summed E-state index contributed by atoms with van der Waals surface area (Å²) in [7, 11) is -4.44. The van der Waals surface area contributed by atoms with Crippen LogP contribution in [0.2, 0.25) is 0 Å². The average molecular weight is 364 g/mol. The molecule has 0 atom stereocenters. The Morgan fingerprint density at radius 2 is 1.96 bits per heavy atom. The van der Waals surface area contributed by atoms with Crippen LogP contribution in [0.3, 0.4) is 0 Å². The zero-order valence-electron chi connectivity index (χ0n) is 12.8. The smallest absolute Gasteiger partial charge is 0.282 e. The van der Waals surface area contributed by atoms with Gasteiger partial charge < -0.3 is 0 Å². The van der Waals surface area contributed by atoms with Gasteiger partial charge in [0.15, 0.2) is 5.82 Å². The Morgan fingerprint density at radius 3 is 2.42 bits per heavy atom. The largest absolute Gasteiger partial charge is 0.453 e. The maximum absolute atomic E-state index is 12.8. The molecule has 2 aromatic rings. The molecule has 132 valence electrons. The van der Waals surface area contributed by atoms with Gasteiger partial charge >= 0.3 is 6.18 Å². The van der Waals surface area contributed by atoms with Gasteiger partial charge in [0.1, 0.15) is 10.7 Å². The highest BCUT2D eigenvalue weighted by molar-refractivity contribution is 7.85. The van der Waals surface area contributed by atoms with Gasteiger partial charge in [0.05, 0.1) is 6.20 Å². The Labute approximate surface area is 136 Å². The zero-order chi connectivity index (χ0) is 18.1. The number of nitrogens with zero attached hydrogens (tertiary/aromatic N) is 4. The summed E-state index contributed by atoms with van der Waals surface area (Å²) in [5, 5.41) is 3.43. The molecule has 24 heavy (non-hydrogen) atoms. The second-order valence-electron chi connectivity index (χ2n) is 5.52. The van der Waals surface area contributed by atoms with Crippen molar-refractivity contribution in [3.63, 3.8) is 0 Å². The standard InChI is InChI=1S/C13H15F3N4O3S/c1-8(2)3-5-11-18-12(13(14,15)16)19-20(11)10-6-4-9(7-17-10)24(21,22)23/h4,6-8H,3,5H2,1-2H3,(H,21,22,23). The molecule has 2 aromatic heterocycles. The van der Waals surface area contributed by atoms with E-state index in [0.717, 1.165) is 23.0 Å². The van der Waals surface area contributed by atoms with Gasteiger partial charge in [-0.05, 0) is 24.5 Å². The van der Waals surface area contributed by atoms with E-state index in [0.29, 0.717) is 6.42 Å². The summed E-state index contributed by atoms with van der Waals surface area (Å²) >= 11 is 0. The monoisotopic (exact) mass is 364 g/mol. The van der Waals surface area contributed by atoms with Crippen LogP contribution in [0.25, 0.3) is 5.82 Å². The van der Waals surface area contributed by atoms with E-state index in [-0.39, 0.29) is 24.0 Å². The topological polar surface area (TPSA) is 98.0 Å². The lowest BCUT2D eigenvalue weighted by atomic mass is 10.1. The van der Waals surface area contributed by atoms with Crippen LogP contribution < -0.4 is 0 Å². The van der Waals surface area contributed by atoms with Gasteiger partial charge in [0, 0.05) is 6.42 Å². The van der Waals surface area contributed by atoms with Crippen LogP contribution in [0, 0.1) is 5.92 Å². The molecule has 0 fully saturated rings. The second-order valence-corrected chi connectivity index (χ2v) is 6.94. The van der Waals surface area contributed by atoms with Crippen LogP contribution in [0.4, 0.5) is 13.2 Å². The van der Waals surface area contributed by atoms with E-state index < -0.39 is 27.0 Å². The normalized spacial score (nSPS) is 12.8. The van der Waals surface area contributed by atoms with E-state index in [1.54, 1.807) is 0 Å². The Kier molecular flexibility index (Phi) is 4.95. The quantitative estimate of drug-likeness (QED) is 0.819. The average Bonchev–Trinajstić information content (AvgIpc) is 2.88. The van der Waals surface area contributed by atoms with Crippen LogP contribution in [-0.4, -0.2) is 32.7 Å². The molecule has 11 heteroatoms. The molecule has 0 aliphatic heterocycles. The lowest BCUT2D eigenvalue weighted by Crippen LogP contribution is -2.09. The van der Waals surface area contributed by atoms with Gasteiger partial charge in [-0.15, -0.1) is 5.10 Å². The van der Waals surface area contributed by atoms with Crippen molar-refractivity contribution < 1.29 is 26.1 Å². The summed E-state index contributed by atoms with van der Waals surface area (Å²) < 4.78 is 70.4. The Hall–Kier alpha value is -2.01. The molecule has 0 radical (unpaired) electrons. The van der Waals surface area contributed by atoms with Crippen LogP contribution in [0.1, 0.15) is 31.9 Å². The third kappa shape index (κ3) is 4.29. The minimum Gasteiger partial charge on any atom is -0.282 e. The molecule has 1 N–H and O–H groups in total. The number of aryl methyl sites for hydroxylation is 1. The van der Waals surface area contributed by atoms with Crippen LogP contribution in [0.5, 0.6) is 0 Å². The van der Waals surface area contributed by atoms with Gasteiger partial charge in [-0.2, -0.15) is 26.3 Å². The highest BCUT2D eigenvalue weighted by Crippen LogP contribution is 2.27. The predicted molar refractivity (Wildman–Crippen MR) is 77.1 cm³/mol. The number of halogens is 3. The van der Waals surface area contributed by atoms with Crippen LogP contribution in [0.15, 0.2) is 23.2 Å². The molecule has 0 amide bonds. The summed E-state index contributed by atoms with van der Waals surface area (Å²) in [5.41, 5.74) is 0.